The van der Waals surface area contributed by atoms with Crippen LogP contribution in [0.1, 0.15) is 11.1 Å². The van der Waals surface area contributed by atoms with Gasteiger partial charge >= 0.3 is 0 Å². The molecule has 150 valence electrons. The van der Waals surface area contributed by atoms with Crippen LogP contribution < -0.4 is 5.32 Å². The molecule has 0 spiro atoms. The van der Waals surface area contributed by atoms with Crippen molar-refractivity contribution in [3.63, 3.8) is 0 Å². The highest BCUT2D eigenvalue weighted by atomic mass is 35.5. The lowest BCUT2D eigenvalue weighted by molar-refractivity contribution is -0.129. The number of aromatic hydroxyl groups is 2. The fourth-order valence-corrected chi connectivity index (χ4v) is 3.58. The third kappa shape index (κ3) is 5.30. The van der Waals surface area contributed by atoms with Gasteiger partial charge < -0.3 is 15.5 Å². The lowest BCUT2D eigenvalue weighted by atomic mass is 10.1. The second kappa shape index (κ2) is 9.02. The molecule has 2 aromatic rings. The lowest BCUT2D eigenvalue weighted by Gasteiger charge is -2.12. The fraction of sp³-hybridized carbons (Fsp3) is 0.150. The summed E-state index contributed by atoms with van der Waals surface area (Å²) in [4.78, 5) is 37.8. The Kier molecular flexibility index (Phi) is 6.46. The van der Waals surface area contributed by atoms with Crippen molar-refractivity contribution >= 4 is 46.5 Å². The van der Waals surface area contributed by atoms with Crippen molar-refractivity contribution in [3.8, 4) is 11.5 Å². The van der Waals surface area contributed by atoms with Crippen LogP contribution >= 0.6 is 23.4 Å². The average molecular weight is 433 g/mol. The molecule has 3 N–H and O–H groups in total. The number of imide groups is 1. The SMILES string of the molecule is O=C(CN1C(=O)S/C(=C\c2ccc(Cl)cc2)C1=O)NCCc1ccc(O)c(O)c1. The van der Waals surface area contributed by atoms with E-state index in [0.29, 0.717) is 11.4 Å². The van der Waals surface area contributed by atoms with E-state index in [2.05, 4.69) is 5.32 Å². The Morgan fingerprint density at radius 3 is 2.52 bits per heavy atom. The molecule has 1 fully saturated rings. The second-order valence-electron chi connectivity index (χ2n) is 6.24. The third-order valence-corrected chi connectivity index (χ3v) is 5.28. The number of halogens is 1. The van der Waals surface area contributed by atoms with E-state index in [1.165, 1.54) is 12.1 Å². The largest absolute Gasteiger partial charge is 0.504 e. The highest BCUT2D eigenvalue weighted by Gasteiger charge is 2.36. The van der Waals surface area contributed by atoms with Gasteiger partial charge in [0.05, 0.1) is 4.91 Å². The molecule has 9 heteroatoms. The van der Waals surface area contributed by atoms with Gasteiger partial charge in [-0.1, -0.05) is 29.8 Å². The number of nitrogens with one attached hydrogen (secondary N) is 1. The van der Waals surface area contributed by atoms with E-state index < -0.39 is 17.1 Å². The summed E-state index contributed by atoms with van der Waals surface area (Å²) in [5.74, 6) is -1.44. The number of nitrogens with zero attached hydrogens (tertiary/aromatic N) is 1. The first-order chi connectivity index (χ1) is 13.8. The van der Waals surface area contributed by atoms with Gasteiger partial charge in [0.25, 0.3) is 11.1 Å². The molecule has 7 nitrogen and oxygen atoms in total. The maximum Gasteiger partial charge on any atom is 0.294 e. The summed E-state index contributed by atoms with van der Waals surface area (Å²) >= 11 is 6.61. The van der Waals surface area contributed by atoms with Crippen molar-refractivity contribution in [2.45, 2.75) is 6.42 Å². The number of hydrogen-bond donors (Lipinski definition) is 3. The van der Waals surface area contributed by atoms with Gasteiger partial charge in [0.1, 0.15) is 6.54 Å². The Morgan fingerprint density at radius 1 is 1.10 bits per heavy atom. The summed E-state index contributed by atoms with van der Waals surface area (Å²) in [6, 6.07) is 11.2. The first kappa shape index (κ1) is 20.8. The molecule has 0 radical (unpaired) electrons. The van der Waals surface area contributed by atoms with E-state index in [1.807, 2.05) is 0 Å². The molecule has 1 saturated heterocycles. The van der Waals surface area contributed by atoms with Gasteiger partial charge in [0.2, 0.25) is 5.91 Å². The van der Waals surface area contributed by atoms with Crippen LogP contribution in [0.3, 0.4) is 0 Å². The molecule has 1 aliphatic rings. The minimum absolute atomic E-state index is 0.219. The normalized spacial score (nSPS) is 15.2. The van der Waals surface area contributed by atoms with Crippen molar-refractivity contribution in [2.75, 3.05) is 13.1 Å². The number of carbonyl (C=O) groups is 3. The summed E-state index contributed by atoms with van der Waals surface area (Å²) < 4.78 is 0. The topological polar surface area (TPSA) is 107 Å². The molecule has 1 aliphatic heterocycles. The van der Waals surface area contributed by atoms with Crippen LogP contribution in [0.4, 0.5) is 4.79 Å². The smallest absolute Gasteiger partial charge is 0.294 e. The number of amides is 3. The van der Waals surface area contributed by atoms with Gasteiger partial charge in [-0.3, -0.25) is 19.3 Å². The molecule has 0 aromatic heterocycles. The third-order valence-electron chi connectivity index (χ3n) is 4.12. The van der Waals surface area contributed by atoms with Crippen LogP contribution in [0.15, 0.2) is 47.4 Å². The highest BCUT2D eigenvalue weighted by molar-refractivity contribution is 8.18. The maximum atomic E-state index is 12.4. The molecular weight excluding hydrogens is 416 g/mol. The minimum Gasteiger partial charge on any atom is -0.504 e. The van der Waals surface area contributed by atoms with Crippen molar-refractivity contribution in [2.24, 2.45) is 0 Å². The number of phenolic OH excluding ortho intramolecular Hbond substituents is 2. The van der Waals surface area contributed by atoms with Crippen LogP contribution in [0, 0.1) is 0 Å². The first-order valence-corrected chi connectivity index (χ1v) is 9.81. The summed E-state index contributed by atoms with van der Waals surface area (Å²) in [5.41, 5.74) is 1.44. The minimum atomic E-state index is -0.520. The van der Waals surface area contributed by atoms with Crippen LogP contribution in [0.2, 0.25) is 5.02 Å². The fourth-order valence-electron chi connectivity index (χ4n) is 2.62. The van der Waals surface area contributed by atoms with Crippen molar-refractivity contribution in [1.29, 1.82) is 0 Å². The predicted octanol–water partition coefficient (Wildman–Crippen LogP) is 3.15. The van der Waals surface area contributed by atoms with E-state index in [9.17, 15) is 24.6 Å². The van der Waals surface area contributed by atoms with Crippen LogP contribution in [0.5, 0.6) is 11.5 Å². The van der Waals surface area contributed by atoms with Gasteiger partial charge in [0.15, 0.2) is 11.5 Å². The van der Waals surface area contributed by atoms with Crippen molar-refractivity contribution < 1.29 is 24.6 Å². The molecule has 0 unspecified atom stereocenters. The van der Waals surface area contributed by atoms with E-state index in [0.717, 1.165) is 27.8 Å². The van der Waals surface area contributed by atoms with Gasteiger partial charge in [-0.25, -0.2) is 0 Å². The van der Waals surface area contributed by atoms with Crippen LogP contribution in [0.25, 0.3) is 6.08 Å². The van der Waals surface area contributed by atoms with E-state index >= 15 is 0 Å². The van der Waals surface area contributed by atoms with Crippen LogP contribution in [-0.2, 0) is 16.0 Å². The van der Waals surface area contributed by atoms with Gasteiger partial charge in [0, 0.05) is 11.6 Å². The summed E-state index contributed by atoms with van der Waals surface area (Å²) in [6.07, 6.45) is 1.99. The average Bonchev–Trinajstić information content (AvgIpc) is 2.94. The Labute approximate surface area is 176 Å². The number of benzene rings is 2. The Bertz CT molecular complexity index is 991. The predicted molar refractivity (Wildman–Crippen MR) is 111 cm³/mol. The number of carbonyl (C=O) groups excluding carboxylic acids is 3. The number of thioether (sulfide) groups is 1. The Hall–Kier alpha value is -2.97. The second-order valence-corrected chi connectivity index (χ2v) is 7.67. The zero-order chi connectivity index (χ0) is 21.0. The number of phenols is 2. The lowest BCUT2D eigenvalue weighted by Crippen LogP contribution is -2.40. The molecule has 0 bridgehead atoms. The molecule has 1 heterocycles. The van der Waals surface area contributed by atoms with Crippen molar-refractivity contribution in [3.05, 3.63) is 63.5 Å². The van der Waals surface area contributed by atoms with Gasteiger partial charge in [-0.15, -0.1) is 0 Å². The van der Waals surface area contributed by atoms with E-state index in [4.69, 9.17) is 11.6 Å². The van der Waals surface area contributed by atoms with Gasteiger partial charge in [-0.05, 0) is 59.7 Å². The quantitative estimate of drug-likeness (QED) is 0.478. The van der Waals surface area contributed by atoms with E-state index in [1.54, 1.807) is 36.4 Å². The molecule has 0 saturated carbocycles. The Morgan fingerprint density at radius 2 is 1.83 bits per heavy atom. The number of hydrogen-bond acceptors (Lipinski definition) is 6. The molecule has 29 heavy (non-hydrogen) atoms. The summed E-state index contributed by atoms with van der Waals surface area (Å²) in [6.45, 7) is -0.122. The molecule has 0 aliphatic carbocycles. The first-order valence-electron chi connectivity index (χ1n) is 8.62. The zero-order valence-corrected chi connectivity index (χ0v) is 16.7. The molecule has 2 aromatic carbocycles. The highest BCUT2D eigenvalue weighted by Crippen LogP contribution is 2.32. The van der Waals surface area contributed by atoms with Crippen LogP contribution in [-0.4, -0.2) is 45.3 Å². The molecule has 0 atom stereocenters. The molecular formula is C20H17ClN2O5S. The Balaban J connectivity index is 1.54. The maximum absolute atomic E-state index is 12.4. The number of rotatable bonds is 6. The van der Waals surface area contributed by atoms with Crippen molar-refractivity contribution in [1.82, 2.24) is 10.2 Å². The van der Waals surface area contributed by atoms with Gasteiger partial charge in [-0.2, -0.15) is 0 Å². The molecule has 3 amide bonds. The summed E-state index contributed by atoms with van der Waals surface area (Å²) in [7, 11) is 0. The summed E-state index contributed by atoms with van der Waals surface area (Å²) in [5, 5.41) is 21.4. The monoisotopic (exact) mass is 432 g/mol. The molecule has 3 rings (SSSR count). The standard InChI is InChI=1S/C20H17ClN2O5S/c21-14-4-1-12(2-5-14)10-17-19(27)23(20(28)29-17)11-18(26)22-8-7-13-3-6-15(24)16(25)9-13/h1-6,9-10,24-25H,7-8,11H2,(H,22,26)/b17-10-. The van der Waals surface area contributed by atoms with E-state index in [-0.39, 0.29) is 29.5 Å². The zero-order valence-electron chi connectivity index (χ0n) is 15.1.